The van der Waals surface area contributed by atoms with E-state index in [0.29, 0.717) is 0 Å². The molecule has 1 rings (SSSR count). The Balaban J connectivity index is 3.24. The Kier molecular flexibility index (Phi) is 4.40. The number of nitriles is 1. The summed E-state index contributed by atoms with van der Waals surface area (Å²) in [5, 5.41) is 21.9. The molecule has 0 fully saturated rings. The number of hydrogen-bond acceptors (Lipinski definition) is 5. The predicted octanol–water partition coefficient (Wildman–Crippen LogP) is -0.225. The molecular formula is C13H20N4O3. The van der Waals surface area contributed by atoms with Gasteiger partial charge in [-0.2, -0.15) is 5.26 Å². The highest BCUT2D eigenvalue weighted by Crippen LogP contribution is 2.19. The minimum absolute atomic E-state index is 0.129. The second-order valence-corrected chi connectivity index (χ2v) is 5.80. The predicted molar refractivity (Wildman–Crippen MR) is 75.6 cm³/mol. The van der Waals surface area contributed by atoms with Gasteiger partial charge in [0.25, 0.3) is 5.56 Å². The molecule has 0 aliphatic rings. The Hall–Kier alpha value is -2.07. The Bertz CT molecular complexity index is 658. The van der Waals surface area contributed by atoms with Gasteiger partial charge in [-0.3, -0.25) is 13.9 Å². The number of anilines is 1. The molecule has 0 bridgehead atoms. The van der Waals surface area contributed by atoms with E-state index in [2.05, 4.69) is 5.32 Å². The fourth-order valence-corrected chi connectivity index (χ4v) is 1.65. The molecule has 1 heterocycles. The third-order valence-corrected chi connectivity index (χ3v) is 3.24. The molecule has 1 aromatic heterocycles. The van der Waals surface area contributed by atoms with E-state index in [0.717, 1.165) is 4.57 Å². The van der Waals surface area contributed by atoms with Crippen molar-refractivity contribution in [2.45, 2.75) is 26.9 Å². The third-order valence-electron chi connectivity index (χ3n) is 3.24. The van der Waals surface area contributed by atoms with E-state index in [9.17, 15) is 14.7 Å². The first kappa shape index (κ1) is 16.0. The summed E-state index contributed by atoms with van der Waals surface area (Å²) in [4.78, 5) is 23.7. The minimum Gasteiger partial charge on any atom is -0.391 e. The fourth-order valence-electron chi connectivity index (χ4n) is 1.65. The lowest BCUT2D eigenvalue weighted by molar-refractivity contribution is 0.0744. The van der Waals surface area contributed by atoms with Gasteiger partial charge in [-0.25, -0.2) is 4.79 Å². The highest BCUT2D eigenvalue weighted by molar-refractivity contribution is 5.51. The van der Waals surface area contributed by atoms with Gasteiger partial charge in [-0.05, 0) is 5.41 Å². The molecule has 0 spiro atoms. The van der Waals surface area contributed by atoms with Crippen LogP contribution in [-0.4, -0.2) is 26.9 Å². The zero-order chi connectivity index (χ0) is 15.7. The SMILES string of the molecule is Cn1c(NCC(O)C(C)(C)C)c(C#N)c(=O)n(C)c1=O. The van der Waals surface area contributed by atoms with Crippen molar-refractivity contribution in [2.75, 3.05) is 11.9 Å². The number of aliphatic hydroxyl groups is 1. The van der Waals surface area contributed by atoms with Crippen molar-refractivity contribution < 1.29 is 5.11 Å². The summed E-state index contributed by atoms with van der Waals surface area (Å²) in [6.45, 7) is 5.74. The summed E-state index contributed by atoms with van der Waals surface area (Å²) in [7, 11) is 2.79. The van der Waals surface area contributed by atoms with Crippen LogP contribution >= 0.6 is 0 Å². The lowest BCUT2D eigenvalue weighted by Gasteiger charge is -2.26. The Morgan fingerprint density at radius 1 is 1.30 bits per heavy atom. The van der Waals surface area contributed by atoms with Crippen molar-refractivity contribution in [2.24, 2.45) is 19.5 Å². The highest BCUT2D eigenvalue weighted by atomic mass is 16.3. The van der Waals surface area contributed by atoms with Crippen LogP contribution in [-0.2, 0) is 14.1 Å². The molecule has 2 N–H and O–H groups in total. The Morgan fingerprint density at radius 2 is 1.85 bits per heavy atom. The molecule has 1 unspecified atom stereocenters. The van der Waals surface area contributed by atoms with E-state index in [-0.39, 0.29) is 23.3 Å². The molecule has 0 aromatic carbocycles. The van der Waals surface area contributed by atoms with Crippen LogP contribution in [0.5, 0.6) is 0 Å². The molecule has 7 heteroatoms. The van der Waals surface area contributed by atoms with Gasteiger partial charge in [0.15, 0.2) is 5.56 Å². The number of nitrogens with one attached hydrogen (secondary N) is 1. The molecule has 1 aromatic rings. The summed E-state index contributed by atoms with van der Waals surface area (Å²) in [5.41, 5.74) is -1.67. The van der Waals surface area contributed by atoms with Gasteiger partial charge in [0.2, 0.25) is 0 Å². The number of aliphatic hydroxyl groups excluding tert-OH is 1. The van der Waals surface area contributed by atoms with Gasteiger partial charge in [0.05, 0.1) is 6.10 Å². The van der Waals surface area contributed by atoms with Crippen LogP contribution in [0.3, 0.4) is 0 Å². The van der Waals surface area contributed by atoms with Gasteiger partial charge in [0.1, 0.15) is 11.9 Å². The van der Waals surface area contributed by atoms with Crippen LogP contribution in [0.2, 0.25) is 0 Å². The van der Waals surface area contributed by atoms with E-state index in [1.807, 2.05) is 20.8 Å². The van der Waals surface area contributed by atoms with Crippen molar-refractivity contribution >= 4 is 5.82 Å². The second-order valence-electron chi connectivity index (χ2n) is 5.80. The molecular weight excluding hydrogens is 260 g/mol. The summed E-state index contributed by atoms with van der Waals surface area (Å²) in [5.74, 6) is 0.129. The smallest absolute Gasteiger partial charge is 0.332 e. The standard InChI is InChI=1S/C13H20N4O3/c1-13(2,3)9(18)7-15-10-8(6-14)11(19)17(5)12(20)16(10)4/h9,15,18H,7H2,1-5H3. The number of hydrogen-bond donors (Lipinski definition) is 2. The van der Waals surface area contributed by atoms with E-state index < -0.39 is 17.4 Å². The monoisotopic (exact) mass is 280 g/mol. The van der Waals surface area contributed by atoms with E-state index in [1.54, 1.807) is 6.07 Å². The highest BCUT2D eigenvalue weighted by Gasteiger charge is 2.23. The van der Waals surface area contributed by atoms with Gasteiger partial charge in [-0.15, -0.1) is 0 Å². The lowest BCUT2D eigenvalue weighted by atomic mass is 9.89. The maximum absolute atomic E-state index is 11.9. The quantitative estimate of drug-likeness (QED) is 0.797. The van der Waals surface area contributed by atoms with Crippen LogP contribution in [0, 0.1) is 16.7 Å². The van der Waals surface area contributed by atoms with Crippen molar-refractivity contribution in [3.63, 3.8) is 0 Å². The van der Waals surface area contributed by atoms with E-state index in [1.165, 1.54) is 18.7 Å². The number of nitrogens with zero attached hydrogens (tertiary/aromatic N) is 3. The van der Waals surface area contributed by atoms with E-state index in [4.69, 9.17) is 5.26 Å². The van der Waals surface area contributed by atoms with Gasteiger partial charge < -0.3 is 10.4 Å². The molecule has 0 radical (unpaired) electrons. The second kappa shape index (κ2) is 5.51. The van der Waals surface area contributed by atoms with Crippen molar-refractivity contribution in [3.05, 3.63) is 26.4 Å². The number of aromatic nitrogens is 2. The third kappa shape index (κ3) is 2.91. The molecule has 0 aliphatic heterocycles. The fraction of sp³-hybridized carbons (Fsp3) is 0.615. The maximum Gasteiger partial charge on any atom is 0.332 e. The average Bonchev–Trinajstić information content (AvgIpc) is 2.37. The zero-order valence-corrected chi connectivity index (χ0v) is 12.4. The first-order valence-corrected chi connectivity index (χ1v) is 6.23. The Morgan fingerprint density at radius 3 is 2.30 bits per heavy atom. The Labute approximate surface area is 117 Å². The molecule has 0 saturated carbocycles. The first-order valence-electron chi connectivity index (χ1n) is 6.23. The van der Waals surface area contributed by atoms with Crippen LogP contribution < -0.4 is 16.6 Å². The first-order chi connectivity index (χ1) is 9.11. The van der Waals surface area contributed by atoms with Crippen LogP contribution in [0.4, 0.5) is 5.82 Å². The molecule has 7 nitrogen and oxygen atoms in total. The molecule has 0 aliphatic carbocycles. The minimum atomic E-state index is -0.687. The zero-order valence-electron chi connectivity index (χ0n) is 12.4. The van der Waals surface area contributed by atoms with Gasteiger partial charge in [-0.1, -0.05) is 20.8 Å². The van der Waals surface area contributed by atoms with Crippen molar-refractivity contribution in [1.82, 2.24) is 9.13 Å². The molecule has 1 atom stereocenters. The average molecular weight is 280 g/mol. The summed E-state index contributed by atoms with van der Waals surface area (Å²) in [6, 6.07) is 1.80. The topological polar surface area (TPSA) is 100 Å². The summed E-state index contributed by atoms with van der Waals surface area (Å²) < 4.78 is 2.07. The lowest BCUT2D eigenvalue weighted by Crippen LogP contribution is -2.41. The van der Waals surface area contributed by atoms with Crippen molar-refractivity contribution in [3.8, 4) is 6.07 Å². The maximum atomic E-state index is 11.9. The summed E-state index contributed by atoms with van der Waals surface area (Å²) in [6.07, 6.45) is -0.687. The van der Waals surface area contributed by atoms with Crippen molar-refractivity contribution in [1.29, 1.82) is 5.26 Å². The number of rotatable bonds is 3. The summed E-state index contributed by atoms with van der Waals surface area (Å²) >= 11 is 0. The molecule has 0 saturated heterocycles. The molecule has 0 amide bonds. The van der Waals surface area contributed by atoms with Crippen LogP contribution in [0.1, 0.15) is 26.3 Å². The van der Waals surface area contributed by atoms with Gasteiger partial charge in [0, 0.05) is 20.6 Å². The molecule has 20 heavy (non-hydrogen) atoms. The van der Waals surface area contributed by atoms with E-state index >= 15 is 0 Å². The normalized spacial score (nSPS) is 12.8. The largest absolute Gasteiger partial charge is 0.391 e. The van der Waals surface area contributed by atoms with Crippen LogP contribution in [0.15, 0.2) is 9.59 Å². The van der Waals surface area contributed by atoms with Crippen LogP contribution in [0.25, 0.3) is 0 Å². The molecule has 110 valence electrons. The van der Waals surface area contributed by atoms with Gasteiger partial charge >= 0.3 is 5.69 Å².